The molecule has 30 heavy (non-hydrogen) atoms. The molecule has 0 atom stereocenters. The first-order chi connectivity index (χ1) is 14.6. The molecule has 0 saturated carbocycles. The standard InChI is InChI=1S/C23H27N3O3S/c1-3-29-18-8-11-25(12-9-18)20(27)10-13-26-15-24-22-21(23(26)28)19(14-30-22)17-6-4-16(2)5-7-17/h4-7,14-15,18H,3,8-13H2,1-2H3. The highest BCUT2D eigenvalue weighted by molar-refractivity contribution is 7.17. The van der Waals surface area contributed by atoms with Gasteiger partial charge in [-0.05, 0) is 32.3 Å². The molecule has 3 aromatic rings. The predicted octanol–water partition coefficient (Wildman–Crippen LogP) is 3.85. The van der Waals surface area contributed by atoms with E-state index < -0.39 is 0 Å². The lowest BCUT2D eigenvalue weighted by Crippen LogP contribution is -2.41. The number of hydrogen-bond donors (Lipinski definition) is 0. The molecule has 2 aromatic heterocycles. The van der Waals surface area contributed by atoms with E-state index in [2.05, 4.69) is 4.98 Å². The van der Waals surface area contributed by atoms with Crippen LogP contribution in [-0.4, -0.2) is 46.2 Å². The summed E-state index contributed by atoms with van der Waals surface area (Å²) in [5.74, 6) is 0.0843. The molecule has 158 valence electrons. The van der Waals surface area contributed by atoms with Gasteiger partial charge in [-0.15, -0.1) is 11.3 Å². The third kappa shape index (κ3) is 4.32. The minimum atomic E-state index is -0.0836. The van der Waals surface area contributed by atoms with Gasteiger partial charge >= 0.3 is 0 Å². The number of rotatable bonds is 6. The second kappa shape index (κ2) is 9.10. The molecule has 0 bridgehead atoms. The third-order valence-corrected chi connectivity index (χ3v) is 6.57. The van der Waals surface area contributed by atoms with Gasteiger partial charge in [-0.3, -0.25) is 14.2 Å². The largest absolute Gasteiger partial charge is 0.378 e. The number of amides is 1. The van der Waals surface area contributed by atoms with Gasteiger partial charge in [0.2, 0.25) is 5.91 Å². The number of fused-ring (bicyclic) bond motifs is 1. The molecule has 0 spiro atoms. The van der Waals surface area contributed by atoms with Crippen LogP contribution >= 0.6 is 11.3 Å². The Morgan fingerprint density at radius 2 is 1.97 bits per heavy atom. The molecule has 6 nitrogen and oxygen atoms in total. The highest BCUT2D eigenvalue weighted by Crippen LogP contribution is 2.30. The normalized spacial score (nSPS) is 15.1. The average Bonchev–Trinajstić information content (AvgIpc) is 3.19. The van der Waals surface area contributed by atoms with E-state index in [1.54, 1.807) is 10.9 Å². The lowest BCUT2D eigenvalue weighted by molar-refractivity contribution is -0.134. The lowest BCUT2D eigenvalue weighted by Gasteiger charge is -2.31. The summed E-state index contributed by atoms with van der Waals surface area (Å²) in [6, 6.07) is 8.15. The number of thiophene rings is 1. The first-order valence-electron chi connectivity index (χ1n) is 10.5. The number of piperidine rings is 1. The molecule has 0 radical (unpaired) electrons. The van der Waals surface area contributed by atoms with Crippen LogP contribution in [0.5, 0.6) is 0 Å². The monoisotopic (exact) mass is 425 g/mol. The lowest BCUT2D eigenvalue weighted by atomic mass is 10.1. The van der Waals surface area contributed by atoms with Crippen molar-refractivity contribution in [3.8, 4) is 11.1 Å². The molecule has 1 saturated heterocycles. The van der Waals surface area contributed by atoms with Gasteiger partial charge in [0, 0.05) is 43.6 Å². The van der Waals surface area contributed by atoms with Crippen LogP contribution in [0.4, 0.5) is 0 Å². The van der Waals surface area contributed by atoms with Crippen molar-refractivity contribution in [1.82, 2.24) is 14.5 Å². The van der Waals surface area contributed by atoms with Crippen molar-refractivity contribution in [3.05, 3.63) is 51.9 Å². The first-order valence-corrected chi connectivity index (χ1v) is 11.4. The number of hydrogen-bond acceptors (Lipinski definition) is 5. The van der Waals surface area contributed by atoms with Gasteiger partial charge < -0.3 is 9.64 Å². The van der Waals surface area contributed by atoms with Crippen molar-refractivity contribution < 1.29 is 9.53 Å². The molecule has 4 rings (SSSR count). The van der Waals surface area contributed by atoms with E-state index in [1.165, 1.54) is 16.9 Å². The molecule has 0 N–H and O–H groups in total. The smallest absolute Gasteiger partial charge is 0.262 e. The van der Waals surface area contributed by atoms with Gasteiger partial charge in [0.05, 0.1) is 17.8 Å². The SMILES string of the molecule is CCOC1CCN(C(=O)CCn2cnc3scc(-c4ccc(C)cc4)c3c2=O)CC1. The Morgan fingerprint density at radius 1 is 1.23 bits per heavy atom. The Balaban J connectivity index is 1.48. The fourth-order valence-corrected chi connectivity index (χ4v) is 4.86. The van der Waals surface area contributed by atoms with Crippen LogP contribution in [0.15, 0.2) is 40.8 Å². The molecule has 7 heteroatoms. The molecule has 1 amide bonds. The minimum Gasteiger partial charge on any atom is -0.378 e. The van der Waals surface area contributed by atoms with Crippen molar-refractivity contribution >= 4 is 27.5 Å². The zero-order valence-electron chi connectivity index (χ0n) is 17.5. The van der Waals surface area contributed by atoms with Crippen LogP contribution in [-0.2, 0) is 16.1 Å². The van der Waals surface area contributed by atoms with Crippen LogP contribution in [0.25, 0.3) is 21.3 Å². The van der Waals surface area contributed by atoms with Crippen molar-refractivity contribution in [2.24, 2.45) is 0 Å². The summed E-state index contributed by atoms with van der Waals surface area (Å²) >= 11 is 1.48. The molecule has 0 aliphatic carbocycles. The van der Waals surface area contributed by atoms with E-state index in [9.17, 15) is 9.59 Å². The molecule has 1 aliphatic rings. The Kier molecular flexibility index (Phi) is 6.29. The molecule has 1 aliphatic heterocycles. The molecule has 3 heterocycles. The predicted molar refractivity (Wildman–Crippen MR) is 120 cm³/mol. The van der Waals surface area contributed by atoms with Gasteiger partial charge in [-0.1, -0.05) is 29.8 Å². The Labute approximate surface area is 180 Å². The van der Waals surface area contributed by atoms with E-state index in [0.717, 1.165) is 41.9 Å². The number of carbonyl (C=O) groups excluding carboxylic acids is 1. The summed E-state index contributed by atoms with van der Waals surface area (Å²) in [5, 5.41) is 2.62. The zero-order chi connectivity index (χ0) is 21.1. The van der Waals surface area contributed by atoms with Gasteiger partial charge in [-0.25, -0.2) is 4.98 Å². The second-order valence-corrected chi connectivity index (χ2v) is 8.58. The minimum absolute atomic E-state index is 0.0836. The van der Waals surface area contributed by atoms with E-state index in [4.69, 9.17) is 4.74 Å². The summed E-state index contributed by atoms with van der Waals surface area (Å²) in [7, 11) is 0. The van der Waals surface area contributed by atoms with Crippen molar-refractivity contribution in [3.63, 3.8) is 0 Å². The summed E-state index contributed by atoms with van der Waals surface area (Å²) in [6.07, 6.45) is 3.88. The topological polar surface area (TPSA) is 64.4 Å². The molecular weight excluding hydrogens is 398 g/mol. The van der Waals surface area contributed by atoms with Gasteiger partial charge in [0.15, 0.2) is 0 Å². The third-order valence-electron chi connectivity index (χ3n) is 5.69. The Hall–Kier alpha value is -2.51. The van der Waals surface area contributed by atoms with Crippen LogP contribution in [0.2, 0.25) is 0 Å². The summed E-state index contributed by atoms with van der Waals surface area (Å²) in [5.41, 5.74) is 3.01. The van der Waals surface area contributed by atoms with Gasteiger partial charge in [0.25, 0.3) is 5.56 Å². The molecule has 0 unspecified atom stereocenters. The number of aryl methyl sites for hydroxylation is 2. The average molecular weight is 426 g/mol. The van der Waals surface area contributed by atoms with Crippen LogP contribution < -0.4 is 5.56 Å². The number of benzene rings is 1. The van der Waals surface area contributed by atoms with E-state index in [0.29, 0.717) is 25.0 Å². The number of nitrogens with zero attached hydrogens (tertiary/aromatic N) is 3. The molecular formula is C23H27N3O3S. The number of aromatic nitrogens is 2. The Morgan fingerprint density at radius 3 is 2.67 bits per heavy atom. The quantitative estimate of drug-likeness (QED) is 0.602. The Bertz CT molecular complexity index is 1080. The number of carbonyl (C=O) groups is 1. The van der Waals surface area contributed by atoms with E-state index >= 15 is 0 Å². The summed E-state index contributed by atoms with van der Waals surface area (Å²) in [6.45, 7) is 6.53. The van der Waals surface area contributed by atoms with Gasteiger partial charge in [0.1, 0.15) is 4.83 Å². The first kappa shape index (κ1) is 20.8. The fourth-order valence-electron chi connectivity index (χ4n) is 3.95. The number of ether oxygens (including phenoxy) is 1. The van der Waals surface area contributed by atoms with E-state index in [1.807, 2.05) is 48.4 Å². The highest BCUT2D eigenvalue weighted by atomic mass is 32.1. The fraction of sp³-hybridized carbons (Fsp3) is 0.435. The second-order valence-electron chi connectivity index (χ2n) is 7.72. The summed E-state index contributed by atoms with van der Waals surface area (Å²) in [4.78, 5) is 32.9. The van der Waals surface area contributed by atoms with Crippen molar-refractivity contribution in [2.45, 2.75) is 45.8 Å². The highest BCUT2D eigenvalue weighted by Gasteiger charge is 2.23. The van der Waals surface area contributed by atoms with Gasteiger partial charge in [-0.2, -0.15) is 0 Å². The molecule has 1 aromatic carbocycles. The number of likely N-dealkylation sites (tertiary alicyclic amines) is 1. The maximum Gasteiger partial charge on any atom is 0.262 e. The van der Waals surface area contributed by atoms with Crippen LogP contribution in [0.3, 0.4) is 0 Å². The maximum atomic E-state index is 13.1. The van der Waals surface area contributed by atoms with Crippen LogP contribution in [0.1, 0.15) is 31.7 Å². The summed E-state index contributed by atoms with van der Waals surface area (Å²) < 4.78 is 7.22. The van der Waals surface area contributed by atoms with Crippen molar-refractivity contribution in [2.75, 3.05) is 19.7 Å². The van der Waals surface area contributed by atoms with Crippen molar-refractivity contribution in [1.29, 1.82) is 0 Å². The van der Waals surface area contributed by atoms with Crippen LogP contribution in [0, 0.1) is 6.92 Å². The zero-order valence-corrected chi connectivity index (χ0v) is 18.3. The maximum absolute atomic E-state index is 13.1. The molecule has 1 fully saturated rings. The van der Waals surface area contributed by atoms with E-state index in [-0.39, 0.29) is 17.6 Å².